The van der Waals surface area contributed by atoms with Crippen molar-refractivity contribution < 1.29 is 4.42 Å². The van der Waals surface area contributed by atoms with E-state index in [1.807, 2.05) is 30.3 Å². The summed E-state index contributed by atoms with van der Waals surface area (Å²) in [5.74, 6) is 1.77. The lowest BCUT2D eigenvalue weighted by molar-refractivity contribution is 0.513. The van der Waals surface area contributed by atoms with Gasteiger partial charge in [0, 0.05) is 24.0 Å². The summed E-state index contributed by atoms with van der Waals surface area (Å²) in [6.07, 6.45) is 4.03. The molecule has 0 bridgehead atoms. The molecule has 3 rings (SSSR count). The normalized spacial score (nSPS) is 10.7. The van der Waals surface area contributed by atoms with E-state index in [0.717, 1.165) is 35.4 Å². The molecule has 2 heterocycles. The van der Waals surface area contributed by atoms with Gasteiger partial charge in [0.15, 0.2) is 0 Å². The van der Waals surface area contributed by atoms with Crippen molar-refractivity contribution in [1.82, 2.24) is 9.97 Å². The van der Waals surface area contributed by atoms with Crippen LogP contribution in [0.3, 0.4) is 0 Å². The molecule has 0 aliphatic carbocycles. The second-order valence-corrected chi connectivity index (χ2v) is 4.26. The van der Waals surface area contributed by atoms with Gasteiger partial charge in [-0.3, -0.25) is 0 Å². The first-order valence-electron chi connectivity index (χ1n) is 6.09. The molecule has 5 nitrogen and oxygen atoms in total. The van der Waals surface area contributed by atoms with E-state index in [1.165, 1.54) is 6.33 Å². The number of benzene rings is 1. The Morgan fingerprint density at radius 1 is 1.21 bits per heavy atom. The van der Waals surface area contributed by atoms with Crippen LogP contribution in [0.25, 0.3) is 10.9 Å². The Morgan fingerprint density at radius 2 is 2.16 bits per heavy atom. The quantitative estimate of drug-likeness (QED) is 0.699. The van der Waals surface area contributed by atoms with Crippen molar-refractivity contribution in [1.29, 1.82) is 0 Å². The van der Waals surface area contributed by atoms with Gasteiger partial charge in [-0.25, -0.2) is 9.97 Å². The molecular weight excluding hydrogens is 240 g/mol. The fraction of sp³-hybridized carbons (Fsp3) is 0.143. The molecule has 0 spiro atoms. The van der Waals surface area contributed by atoms with E-state index >= 15 is 0 Å². The number of nitrogen functional groups attached to an aromatic ring is 1. The van der Waals surface area contributed by atoms with Crippen molar-refractivity contribution in [2.75, 3.05) is 17.6 Å². The molecule has 0 radical (unpaired) electrons. The van der Waals surface area contributed by atoms with Gasteiger partial charge >= 0.3 is 0 Å². The van der Waals surface area contributed by atoms with Gasteiger partial charge in [0.2, 0.25) is 0 Å². The zero-order chi connectivity index (χ0) is 13.1. The largest absolute Gasteiger partial charge is 0.469 e. The maximum Gasteiger partial charge on any atom is 0.137 e. The molecule has 1 aromatic carbocycles. The number of hydrogen-bond acceptors (Lipinski definition) is 5. The number of fused-ring (bicyclic) bond motifs is 1. The predicted molar refractivity (Wildman–Crippen MR) is 74.9 cm³/mol. The van der Waals surface area contributed by atoms with Crippen molar-refractivity contribution in [3.05, 3.63) is 48.7 Å². The summed E-state index contributed by atoms with van der Waals surface area (Å²) in [5, 5.41) is 4.26. The van der Waals surface area contributed by atoms with Crippen molar-refractivity contribution in [2.45, 2.75) is 6.42 Å². The smallest absolute Gasteiger partial charge is 0.137 e. The van der Waals surface area contributed by atoms with Gasteiger partial charge in [-0.15, -0.1) is 0 Å². The Balaban J connectivity index is 1.77. The first kappa shape index (κ1) is 11.5. The molecule has 5 heteroatoms. The Hall–Kier alpha value is -2.56. The lowest BCUT2D eigenvalue weighted by Gasteiger charge is -2.07. The molecule has 19 heavy (non-hydrogen) atoms. The van der Waals surface area contributed by atoms with E-state index in [4.69, 9.17) is 10.2 Å². The zero-order valence-electron chi connectivity index (χ0n) is 10.3. The lowest BCUT2D eigenvalue weighted by Crippen LogP contribution is -2.06. The van der Waals surface area contributed by atoms with Crippen LogP contribution in [0.2, 0.25) is 0 Å². The summed E-state index contributed by atoms with van der Waals surface area (Å²) < 4.78 is 5.29. The summed E-state index contributed by atoms with van der Waals surface area (Å²) in [7, 11) is 0. The van der Waals surface area contributed by atoms with Crippen LogP contribution in [-0.2, 0) is 6.42 Å². The minimum Gasteiger partial charge on any atom is -0.469 e. The molecular formula is C14H14N4O. The van der Waals surface area contributed by atoms with Crippen LogP contribution in [0.15, 0.2) is 47.3 Å². The molecule has 96 valence electrons. The summed E-state index contributed by atoms with van der Waals surface area (Å²) in [5.41, 5.74) is 7.29. The van der Waals surface area contributed by atoms with Crippen LogP contribution >= 0.6 is 0 Å². The van der Waals surface area contributed by atoms with E-state index in [-0.39, 0.29) is 0 Å². The highest BCUT2D eigenvalue weighted by molar-refractivity contribution is 5.90. The molecule has 3 N–H and O–H groups in total. The zero-order valence-corrected chi connectivity index (χ0v) is 10.3. The maximum atomic E-state index is 5.75. The molecule has 0 amide bonds. The molecule has 0 unspecified atom stereocenters. The third kappa shape index (κ3) is 2.49. The van der Waals surface area contributed by atoms with Crippen molar-refractivity contribution in [3.63, 3.8) is 0 Å². The molecule has 0 saturated heterocycles. The highest BCUT2D eigenvalue weighted by Crippen LogP contribution is 2.21. The van der Waals surface area contributed by atoms with Crippen molar-refractivity contribution in [2.24, 2.45) is 0 Å². The Labute approximate surface area is 110 Å². The van der Waals surface area contributed by atoms with Crippen LogP contribution in [0.5, 0.6) is 0 Å². The SMILES string of the molecule is Nc1ccc2c(NCCc3ccco3)ncnc2c1. The summed E-state index contributed by atoms with van der Waals surface area (Å²) in [6.45, 7) is 0.754. The second kappa shape index (κ2) is 4.97. The summed E-state index contributed by atoms with van der Waals surface area (Å²) in [6, 6.07) is 9.47. The van der Waals surface area contributed by atoms with Crippen molar-refractivity contribution >= 4 is 22.4 Å². The van der Waals surface area contributed by atoms with Gasteiger partial charge in [0.1, 0.15) is 17.9 Å². The van der Waals surface area contributed by atoms with E-state index in [2.05, 4.69) is 15.3 Å². The standard InChI is InChI=1S/C14H14N4O/c15-10-3-4-12-13(8-10)17-9-18-14(12)16-6-5-11-2-1-7-19-11/h1-4,7-9H,5-6,15H2,(H,16,17,18). The number of nitrogens with two attached hydrogens (primary N) is 1. The highest BCUT2D eigenvalue weighted by atomic mass is 16.3. The number of furan rings is 1. The molecule has 0 aliphatic rings. The Kier molecular flexibility index (Phi) is 3.02. The maximum absolute atomic E-state index is 5.75. The first-order chi connectivity index (χ1) is 9.33. The third-order valence-electron chi connectivity index (χ3n) is 2.90. The number of nitrogens with zero attached hydrogens (tertiary/aromatic N) is 2. The van der Waals surface area contributed by atoms with Crippen LogP contribution in [0.1, 0.15) is 5.76 Å². The number of rotatable bonds is 4. The average molecular weight is 254 g/mol. The molecule has 0 fully saturated rings. The van der Waals surface area contributed by atoms with Gasteiger partial charge in [-0.05, 0) is 30.3 Å². The average Bonchev–Trinajstić information content (AvgIpc) is 2.92. The first-order valence-corrected chi connectivity index (χ1v) is 6.09. The number of anilines is 2. The Bertz CT molecular complexity index is 679. The molecule has 0 saturated carbocycles. The monoisotopic (exact) mass is 254 g/mol. The fourth-order valence-corrected chi connectivity index (χ4v) is 1.97. The molecule has 0 aliphatic heterocycles. The predicted octanol–water partition coefficient (Wildman–Crippen LogP) is 2.46. The van der Waals surface area contributed by atoms with E-state index in [9.17, 15) is 0 Å². The third-order valence-corrected chi connectivity index (χ3v) is 2.90. The molecule has 3 aromatic rings. The van der Waals surface area contributed by atoms with Crippen LogP contribution in [-0.4, -0.2) is 16.5 Å². The van der Waals surface area contributed by atoms with E-state index < -0.39 is 0 Å². The minimum atomic E-state index is 0.702. The van der Waals surface area contributed by atoms with Crippen LogP contribution in [0, 0.1) is 0 Å². The number of hydrogen-bond donors (Lipinski definition) is 2. The van der Waals surface area contributed by atoms with Gasteiger partial charge in [0.05, 0.1) is 11.8 Å². The summed E-state index contributed by atoms with van der Waals surface area (Å²) >= 11 is 0. The van der Waals surface area contributed by atoms with Gasteiger partial charge in [-0.1, -0.05) is 0 Å². The van der Waals surface area contributed by atoms with E-state index in [1.54, 1.807) is 6.26 Å². The Morgan fingerprint density at radius 3 is 3.00 bits per heavy atom. The highest BCUT2D eigenvalue weighted by Gasteiger charge is 2.03. The minimum absolute atomic E-state index is 0.702. The second-order valence-electron chi connectivity index (χ2n) is 4.26. The van der Waals surface area contributed by atoms with Crippen molar-refractivity contribution in [3.8, 4) is 0 Å². The molecule has 2 aromatic heterocycles. The summed E-state index contributed by atoms with van der Waals surface area (Å²) in [4.78, 5) is 8.47. The number of aromatic nitrogens is 2. The lowest BCUT2D eigenvalue weighted by atomic mass is 10.2. The van der Waals surface area contributed by atoms with E-state index in [0.29, 0.717) is 5.69 Å². The van der Waals surface area contributed by atoms with Gasteiger partial charge in [-0.2, -0.15) is 0 Å². The molecule has 0 atom stereocenters. The van der Waals surface area contributed by atoms with Crippen LogP contribution < -0.4 is 11.1 Å². The number of nitrogens with one attached hydrogen (secondary N) is 1. The van der Waals surface area contributed by atoms with Gasteiger partial charge < -0.3 is 15.5 Å². The topological polar surface area (TPSA) is 77.0 Å². The van der Waals surface area contributed by atoms with Crippen LogP contribution in [0.4, 0.5) is 11.5 Å². The van der Waals surface area contributed by atoms with Gasteiger partial charge in [0.25, 0.3) is 0 Å². The fourth-order valence-electron chi connectivity index (χ4n) is 1.97.